The van der Waals surface area contributed by atoms with Crippen LogP contribution >= 0.6 is 24.4 Å². The number of phenols is 2. The Hall–Kier alpha value is -12.3. The number of nitrogens with one attached hydrogen (secondary N) is 14. The third-order valence-electron chi connectivity index (χ3n) is 20.3. The molecule has 0 spiro atoms. The van der Waals surface area contributed by atoms with Crippen molar-refractivity contribution in [1.82, 2.24) is 74.4 Å². The van der Waals surface area contributed by atoms with Crippen molar-refractivity contribution in [2.45, 2.75) is 261 Å². The second-order valence-corrected chi connectivity index (χ2v) is 34.5. The summed E-state index contributed by atoms with van der Waals surface area (Å²) in [5.74, 6) is -24.1. The number of aliphatic carboxylic acids is 4. The van der Waals surface area contributed by atoms with Gasteiger partial charge in [-0.1, -0.05) is 96.1 Å². The van der Waals surface area contributed by atoms with Gasteiger partial charge in [-0.05, 0) is 161 Å². The standard InChI is InChI=1S/C86H130N18O26S2/c1-44(2)34-53(89)72(115)95-64(42-70(113)114)83(126)104-71(47(7)105)85(128)101-63(41-69(111)112)82(125)100-61(38-49-20-24-51(106)25-21-49)79(122)92-54(18-12-14-31-87)73(116)91-55(19-13-15-32-88)74(117)98-62(39-50-22-26-52(107)27-23-50)80(123)97-58(35-45(3)4)77(120)96-59(36-46(5)6)78(121)99-60(37-48-16-10-9-11-17-48)81(124)103-66(43-131)84(127)94-57(30-33-132-8)76(119)93-56(28-29-68(109)110)75(118)102-65(86(129)130)40-67(90)108/h9-11,16-17,20-27,44-47,53-66,71,105-107,131H,12-15,18-19,28-43,87-89H2,1-8H3,(H2,90,108)(H,91,116)(H,92,122)(H,93,119)(H,94,127)(H,95,115)(H,96,120)(H,97,123)(H,98,117)(H,99,121)(H,100,125)(H,101,128)(H,102,118)(H,103,124)(H,104,126)(H,109,110)(H,111,112)(H,113,114)(H,129,130)/t47-,53+,54+,55+,56+,57+,58+,59+,60+,61+,62+,63+,64+,65+,66+,71+/m1/s1. The van der Waals surface area contributed by atoms with Crippen LogP contribution in [0.2, 0.25) is 0 Å². The second kappa shape index (κ2) is 59.2. The van der Waals surface area contributed by atoms with Crippen molar-refractivity contribution in [2.24, 2.45) is 40.7 Å². The number of unbranched alkanes of at least 4 members (excludes halogenated alkanes) is 2. The zero-order valence-electron chi connectivity index (χ0n) is 75.1. The van der Waals surface area contributed by atoms with Gasteiger partial charge in [-0.15, -0.1) is 0 Å². The number of carbonyl (C=O) groups is 19. The summed E-state index contributed by atoms with van der Waals surface area (Å²) < 4.78 is 0. The van der Waals surface area contributed by atoms with Gasteiger partial charge in [0.15, 0.2) is 0 Å². The van der Waals surface area contributed by atoms with Gasteiger partial charge in [0.25, 0.3) is 0 Å². The Morgan fingerprint density at radius 1 is 0.348 bits per heavy atom. The number of nitrogens with two attached hydrogens (primary N) is 4. The molecule has 0 aliphatic rings. The van der Waals surface area contributed by atoms with E-state index in [0.29, 0.717) is 11.1 Å². The van der Waals surface area contributed by atoms with E-state index in [1.54, 1.807) is 78.1 Å². The number of phenolic OH excluding ortho intramolecular Hbond substituents is 2. The van der Waals surface area contributed by atoms with Gasteiger partial charge in [0, 0.05) is 31.4 Å². The summed E-state index contributed by atoms with van der Waals surface area (Å²) in [7, 11) is 0. The molecule has 0 aliphatic carbocycles. The molecule has 732 valence electrons. The molecule has 0 aromatic heterocycles. The summed E-state index contributed by atoms with van der Waals surface area (Å²) in [4.78, 5) is 261. The number of hydrogen-bond donors (Lipinski definition) is 26. The average molecular weight is 1900 g/mol. The molecule has 15 amide bonds. The van der Waals surface area contributed by atoms with Gasteiger partial charge in [-0.3, -0.25) is 86.3 Å². The first-order chi connectivity index (χ1) is 62.2. The fraction of sp³-hybridized carbons (Fsp3) is 0.570. The lowest BCUT2D eigenvalue weighted by Gasteiger charge is -2.29. The van der Waals surface area contributed by atoms with Gasteiger partial charge < -0.3 is 133 Å². The van der Waals surface area contributed by atoms with Gasteiger partial charge in [0.1, 0.15) is 96.1 Å². The Bertz CT molecular complexity index is 4360. The number of thiol groups is 1. The number of carbonyl (C=O) groups excluding carboxylic acids is 15. The van der Waals surface area contributed by atoms with E-state index in [9.17, 15) is 117 Å². The predicted octanol–water partition coefficient (Wildman–Crippen LogP) is -3.53. The highest BCUT2D eigenvalue weighted by Gasteiger charge is 2.41. The quantitative estimate of drug-likeness (QED) is 0.0192. The van der Waals surface area contributed by atoms with Crippen LogP contribution in [0.3, 0.4) is 0 Å². The number of hydrogen-bond acceptors (Lipinski definition) is 27. The minimum absolute atomic E-state index is 0.0877. The zero-order valence-corrected chi connectivity index (χ0v) is 76.8. The van der Waals surface area contributed by atoms with E-state index in [-0.39, 0.29) is 131 Å². The average Bonchev–Trinajstić information content (AvgIpc) is 0.842. The Kier molecular flexibility index (Phi) is 51.1. The number of carboxylic acid groups (broad SMARTS) is 4. The molecule has 29 N–H and O–H groups in total. The molecular weight excluding hydrogens is 1770 g/mol. The molecule has 3 aromatic carbocycles. The number of benzene rings is 3. The maximum absolute atomic E-state index is 15.2. The van der Waals surface area contributed by atoms with Crippen molar-refractivity contribution in [3.8, 4) is 11.5 Å². The Morgan fingerprint density at radius 3 is 1.01 bits per heavy atom. The zero-order chi connectivity index (χ0) is 99.2. The SMILES string of the molecule is CSCC[C@H](NC(=O)[C@H](CS)NC(=O)[C@H](Cc1ccccc1)NC(=O)[C@H](CC(C)C)NC(=O)[C@H](CC(C)C)NC(=O)[C@H](Cc1ccc(O)cc1)NC(=O)[C@H](CCCCN)NC(=O)[C@H](CCCCN)NC(=O)[C@H](Cc1ccc(O)cc1)NC(=O)[C@H](CC(=O)O)NC(=O)[C@@H](NC(=O)[C@H](CC(=O)O)NC(=O)[C@@H](N)CC(C)C)[C@@H](C)O)C(=O)N[C@@H](CCC(=O)O)C(=O)N[C@@H](CC(N)=O)C(=O)O. The minimum atomic E-state index is -2.13. The van der Waals surface area contributed by atoms with Crippen LogP contribution in [-0.2, 0) is 110 Å². The highest BCUT2D eigenvalue weighted by Crippen LogP contribution is 2.19. The molecular formula is C86H130N18O26S2. The van der Waals surface area contributed by atoms with Crippen LogP contribution in [0.15, 0.2) is 78.9 Å². The molecule has 0 saturated heterocycles. The largest absolute Gasteiger partial charge is 0.508 e. The maximum Gasteiger partial charge on any atom is 0.326 e. The van der Waals surface area contributed by atoms with Crippen molar-refractivity contribution in [2.75, 3.05) is 30.9 Å². The molecule has 3 rings (SSSR count). The molecule has 0 fully saturated rings. The second-order valence-electron chi connectivity index (χ2n) is 33.1. The van der Waals surface area contributed by atoms with Gasteiger partial charge in [0.2, 0.25) is 88.6 Å². The Labute approximate surface area is 773 Å². The summed E-state index contributed by atoms with van der Waals surface area (Å²) in [6, 6.07) is -6.06. The van der Waals surface area contributed by atoms with Crippen LogP contribution in [0.1, 0.15) is 161 Å². The van der Waals surface area contributed by atoms with Crippen LogP contribution in [0.5, 0.6) is 11.5 Å². The van der Waals surface area contributed by atoms with E-state index in [2.05, 4.69) is 87.1 Å². The molecule has 0 heterocycles. The van der Waals surface area contributed by atoms with Crippen LogP contribution in [0, 0.1) is 17.8 Å². The molecule has 0 bridgehead atoms. The number of aliphatic hydroxyl groups is 1. The van der Waals surface area contributed by atoms with Gasteiger partial charge in [-0.2, -0.15) is 24.4 Å². The fourth-order valence-corrected chi connectivity index (χ4v) is 14.1. The number of aromatic hydroxyl groups is 2. The number of carboxylic acids is 4. The summed E-state index contributed by atoms with van der Waals surface area (Å²) in [5, 5.41) is 105. The minimum Gasteiger partial charge on any atom is -0.508 e. The van der Waals surface area contributed by atoms with Crippen molar-refractivity contribution in [1.29, 1.82) is 0 Å². The third kappa shape index (κ3) is 43.2. The van der Waals surface area contributed by atoms with Crippen molar-refractivity contribution in [3.63, 3.8) is 0 Å². The Morgan fingerprint density at radius 2 is 0.659 bits per heavy atom. The monoisotopic (exact) mass is 1890 g/mol. The summed E-state index contributed by atoms with van der Waals surface area (Å²) in [5.41, 5.74) is 24.0. The molecule has 3 aromatic rings. The first kappa shape index (κ1) is 114. The summed E-state index contributed by atoms with van der Waals surface area (Å²) in [6.07, 6.45) is -5.32. The van der Waals surface area contributed by atoms with E-state index in [1.807, 2.05) is 0 Å². The molecule has 0 radical (unpaired) electrons. The van der Waals surface area contributed by atoms with Crippen LogP contribution in [0.25, 0.3) is 0 Å². The molecule has 0 saturated carbocycles. The van der Waals surface area contributed by atoms with E-state index in [4.69, 9.17) is 22.9 Å². The molecule has 16 atom stereocenters. The van der Waals surface area contributed by atoms with E-state index in [0.717, 1.165) is 6.92 Å². The molecule has 44 nitrogen and oxygen atoms in total. The van der Waals surface area contributed by atoms with E-state index in [1.165, 1.54) is 60.3 Å². The summed E-state index contributed by atoms with van der Waals surface area (Å²) >= 11 is 5.57. The predicted molar refractivity (Wildman–Crippen MR) is 484 cm³/mol. The van der Waals surface area contributed by atoms with E-state index >= 15 is 9.59 Å². The topological polar surface area (TPSA) is 738 Å². The lowest BCUT2D eigenvalue weighted by Crippen LogP contribution is -2.62. The number of thioether (sulfide) groups is 1. The van der Waals surface area contributed by atoms with E-state index < -0.39 is 253 Å². The van der Waals surface area contributed by atoms with Crippen molar-refractivity contribution < 1.29 is 127 Å². The van der Waals surface area contributed by atoms with Crippen molar-refractivity contribution >= 4 is 137 Å². The highest BCUT2D eigenvalue weighted by molar-refractivity contribution is 7.98. The molecule has 132 heavy (non-hydrogen) atoms. The smallest absolute Gasteiger partial charge is 0.326 e. The van der Waals surface area contributed by atoms with Crippen LogP contribution < -0.4 is 97.4 Å². The van der Waals surface area contributed by atoms with Crippen LogP contribution in [-0.4, -0.2) is 276 Å². The van der Waals surface area contributed by atoms with Crippen LogP contribution in [0.4, 0.5) is 0 Å². The van der Waals surface area contributed by atoms with Gasteiger partial charge in [-0.25, -0.2) is 4.79 Å². The fourth-order valence-electron chi connectivity index (χ4n) is 13.4. The van der Waals surface area contributed by atoms with Gasteiger partial charge >= 0.3 is 23.9 Å². The number of primary amides is 1. The highest BCUT2D eigenvalue weighted by atomic mass is 32.2. The first-order valence-corrected chi connectivity index (χ1v) is 45.2. The maximum atomic E-state index is 15.2. The third-order valence-corrected chi connectivity index (χ3v) is 21.3. The lowest BCUT2D eigenvalue weighted by atomic mass is 9.98. The first-order valence-electron chi connectivity index (χ1n) is 43.1. The van der Waals surface area contributed by atoms with Gasteiger partial charge in [0.05, 0.1) is 31.4 Å². The summed E-state index contributed by atoms with van der Waals surface area (Å²) in [6.45, 7) is 11.6. The number of amides is 15. The molecule has 46 heteroatoms. The number of aliphatic hydroxyl groups excluding tert-OH is 1. The normalized spacial score (nSPS) is 14.8. The lowest BCUT2D eigenvalue weighted by molar-refractivity contribution is -0.144. The number of rotatable bonds is 63. The molecule has 0 unspecified atom stereocenters. The Balaban J connectivity index is 2.08. The van der Waals surface area contributed by atoms with Crippen molar-refractivity contribution in [3.05, 3.63) is 95.6 Å². The molecule has 0 aliphatic heterocycles.